The lowest BCUT2D eigenvalue weighted by molar-refractivity contribution is 1.51. The number of fused-ring (bicyclic) bond motifs is 6. The number of benzene rings is 5. The van der Waals surface area contributed by atoms with E-state index in [1.165, 1.54) is 66.1 Å². The third-order valence-corrected chi connectivity index (χ3v) is 7.99. The highest BCUT2D eigenvalue weighted by molar-refractivity contribution is 9.10. The zero-order valence-electron chi connectivity index (χ0n) is 18.1. The first kappa shape index (κ1) is 20.2. The van der Waals surface area contributed by atoms with Crippen LogP contribution in [0.25, 0.3) is 33.4 Å². The summed E-state index contributed by atoms with van der Waals surface area (Å²) in [5, 5.41) is 2.63. The van der Waals surface area contributed by atoms with E-state index in [1.807, 2.05) is 0 Å². The summed E-state index contributed by atoms with van der Waals surface area (Å²) in [5.41, 5.74) is 13.0. The zero-order valence-corrected chi connectivity index (χ0v) is 21.3. The molecule has 7 rings (SSSR count). The van der Waals surface area contributed by atoms with Gasteiger partial charge in [-0.3, -0.25) is 0 Å². The summed E-state index contributed by atoms with van der Waals surface area (Å²) < 4.78 is 2.19. The number of hydrogen-bond acceptors (Lipinski definition) is 0. The molecular formula is C32H18Br2. The molecule has 2 aliphatic rings. The maximum Gasteiger partial charge on any atom is 0.0175 e. The third kappa shape index (κ3) is 2.95. The van der Waals surface area contributed by atoms with Crippen molar-refractivity contribution in [3.63, 3.8) is 0 Å². The molecule has 0 bridgehead atoms. The van der Waals surface area contributed by atoms with Crippen molar-refractivity contribution in [2.45, 2.75) is 0 Å². The quantitative estimate of drug-likeness (QED) is 0.203. The fourth-order valence-corrected chi connectivity index (χ4v) is 6.00. The molecule has 0 nitrogen and oxygen atoms in total. The lowest BCUT2D eigenvalue weighted by atomic mass is 9.97. The molecular weight excluding hydrogens is 544 g/mol. The van der Waals surface area contributed by atoms with Gasteiger partial charge in [-0.25, -0.2) is 0 Å². The minimum atomic E-state index is 1.10. The monoisotopic (exact) mass is 560 g/mol. The van der Waals surface area contributed by atoms with Crippen LogP contribution in [0.4, 0.5) is 0 Å². The van der Waals surface area contributed by atoms with Crippen LogP contribution in [0.5, 0.6) is 0 Å². The summed E-state index contributed by atoms with van der Waals surface area (Å²) in [6, 6.07) is 39.8. The standard InChI is InChI=1S/C32H18Br2/c33-21-13-9-19(10-14-21)31-25-7-3-1-5-23(25)27-17-30-28(18-29(27)31)24-6-2-4-8-26(24)32(30)20-11-15-22(34)16-12-20/h1-18H. The molecule has 0 N–H and O–H groups in total. The molecule has 2 aliphatic carbocycles. The molecule has 34 heavy (non-hydrogen) atoms. The average Bonchev–Trinajstić information content (AvgIpc) is 3.36. The van der Waals surface area contributed by atoms with Gasteiger partial charge in [-0.15, -0.1) is 0 Å². The molecule has 5 aromatic carbocycles. The number of rotatable bonds is 2. The van der Waals surface area contributed by atoms with E-state index in [-0.39, 0.29) is 0 Å². The van der Waals surface area contributed by atoms with Crippen LogP contribution < -0.4 is 10.4 Å². The molecule has 160 valence electrons. The van der Waals surface area contributed by atoms with Crippen LogP contribution in [-0.4, -0.2) is 0 Å². The molecule has 0 saturated carbocycles. The molecule has 0 radical (unpaired) electrons. The highest BCUT2D eigenvalue weighted by Gasteiger charge is 2.26. The van der Waals surface area contributed by atoms with Crippen molar-refractivity contribution in [1.82, 2.24) is 0 Å². The Labute approximate surface area is 215 Å². The molecule has 0 unspecified atom stereocenters. The van der Waals surface area contributed by atoms with Crippen molar-refractivity contribution in [2.24, 2.45) is 0 Å². The molecule has 0 heterocycles. The Kier molecular flexibility index (Phi) is 4.55. The van der Waals surface area contributed by atoms with E-state index in [9.17, 15) is 0 Å². The molecule has 2 heteroatoms. The van der Waals surface area contributed by atoms with Gasteiger partial charge in [-0.2, -0.15) is 0 Å². The highest BCUT2D eigenvalue weighted by Crippen LogP contribution is 2.39. The Balaban J connectivity index is 1.62. The Hall–Kier alpha value is -3.20. The van der Waals surface area contributed by atoms with Gasteiger partial charge in [0.25, 0.3) is 0 Å². The van der Waals surface area contributed by atoms with E-state index < -0.39 is 0 Å². The van der Waals surface area contributed by atoms with Gasteiger partial charge in [0.05, 0.1) is 0 Å². The van der Waals surface area contributed by atoms with Crippen molar-refractivity contribution in [1.29, 1.82) is 0 Å². The summed E-state index contributed by atoms with van der Waals surface area (Å²) in [6.07, 6.45) is 0. The van der Waals surface area contributed by atoms with Crippen molar-refractivity contribution in [3.05, 3.63) is 151 Å². The zero-order chi connectivity index (χ0) is 22.8. The summed E-state index contributed by atoms with van der Waals surface area (Å²) in [7, 11) is 0. The smallest absolute Gasteiger partial charge is 0.0175 e. The van der Waals surface area contributed by atoms with Gasteiger partial charge in [0.2, 0.25) is 0 Å². The van der Waals surface area contributed by atoms with Gasteiger partial charge in [-0.1, -0.05) is 105 Å². The summed E-state index contributed by atoms with van der Waals surface area (Å²) in [4.78, 5) is 0. The van der Waals surface area contributed by atoms with Crippen LogP contribution in [0.1, 0.15) is 22.3 Å². The molecule has 0 aromatic heterocycles. The topological polar surface area (TPSA) is 0 Å². The Morgan fingerprint density at radius 2 is 0.706 bits per heavy atom. The summed E-state index contributed by atoms with van der Waals surface area (Å²) >= 11 is 7.19. The number of hydrogen-bond donors (Lipinski definition) is 0. The van der Waals surface area contributed by atoms with E-state index in [0.29, 0.717) is 0 Å². The van der Waals surface area contributed by atoms with Crippen molar-refractivity contribution < 1.29 is 0 Å². The van der Waals surface area contributed by atoms with Crippen molar-refractivity contribution in [2.75, 3.05) is 0 Å². The van der Waals surface area contributed by atoms with Gasteiger partial charge in [0, 0.05) is 8.95 Å². The molecule has 0 saturated heterocycles. The van der Waals surface area contributed by atoms with Gasteiger partial charge in [0.1, 0.15) is 0 Å². The molecule has 0 fully saturated rings. The molecule has 0 amide bonds. The van der Waals surface area contributed by atoms with E-state index >= 15 is 0 Å². The predicted octanol–water partition coefficient (Wildman–Crippen LogP) is 7.67. The van der Waals surface area contributed by atoms with E-state index in [2.05, 4.69) is 141 Å². The second-order valence-corrected chi connectivity index (χ2v) is 10.6. The molecule has 0 aliphatic heterocycles. The Morgan fingerprint density at radius 1 is 0.353 bits per heavy atom. The number of halogens is 2. The molecule has 0 atom stereocenters. The normalized spacial score (nSPS) is 12.9. The molecule has 5 aromatic rings. The van der Waals surface area contributed by atoms with Crippen LogP contribution in [-0.2, 0) is 0 Å². The fraction of sp³-hybridized carbons (Fsp3) is 0. The fourth-order valence-electron chi connectivity index (χ4n) is 5.48. The SMILES string of the molecule is Brc1ccc(C2=c3cc4c(cc3-c3ccccc32)=C(c2ccc(Br)cc2)c2ccccc2-4)cc1. The van der Waals surface area contributed by atoms with E-state index in [0.717, 1.165) is 8.95 Å². The average molecular weight is 562 g/mol. The third-order valence-electron chi connectivity index (χ3n) is 6.94. The summed E-state index contributed by atoms with van der Waals surface area (Å²) in [5.74, 6) is 0. The van der Waals surface area contributed by atoms with Crippen LogP contribution in [0, 0.1) is 0 Å². The second kappa shape index (κ2) is 7.66. The minimum Gasteiger partial charge on any atom is -0.0616 e. The maximum atomic E-state index is 3.59. The van der Waals surface area contributed by atoms with Crippen LogP contribution in [0.3, 0.4) is 0 Å². The highest BCUT2D eigenvalue weighted by atomic mass is 79.9. The van der Waals surface area contributed by atoms with Gasteiger partial charge < -0.3 is 0 Å². The Bertz CT molecular complexity index is 1610. The van der Waals surface area contributed by atoms with Crippen molar-refractivity contribution in [3.8, 4) is 22.3 Å². The van der Waals surface area contributed by atoms with Crippen LogP contribution in [0.15, 0.2) is 118 Å². The van der Waals surface area contributed by atoms with E-state index in [4.69, 9.17) is 0 Å². The minimum absolute atomic E-state index is 1.10. The molecule has 0 spiro atoms. The second-order valence-electron chi connectivity index (χ2n) is 8.80. The van der Waals surface area contributed by atoms with Gasteiger partial charge in [0.15, 0.2) is 0 Å². The first-order valence-electron chi connectivity index (χ1n) is 11.3. The Morgan fingerprint density at radius 3 is 1.09 bits per heavy atom. The predicted molar refractivity (Wildman–Crippen MR) is 148 cm³/mol. The van der Waals surface area contributed by atoms with Crippen LogP contribution in [0.2, 0.25) is 0 Å². The van der Waals surface area contributed by atoms with Gasteiger partial charge >= 0.3 is 0 Å². The van der Waals surface area contributed by atoms with Crippen LogP contribution >= 0.6 is 31.9 Å². The maximum absolute atomic E-state index is 3.59. The first-order chi connectivity index (χ1) is 16.7. The lowest BCUT2D eigenvalue weighted by Crippen LogP contribution is -2.15. The van der Waals surface area contributed by atoms with Crippen molar-refractivity contribution >= 4 is 43.0 Å². The first-order valence-corrected chi connectivity index (χ1v) is 12.9. The lowest BCUT2D eigenvalue weighted by Gasteiger charge is -2.07. The van der Waals surface area contributed by atoms with Gasteiger partial charge in [-0.05, 0) is 102 Å². The largest absolute Gasteiger partial charge is 0.0616 e. The summed E-state index contributed by atoms with van der Waals surface area (Å²) in [6.45, 7) is 0. The van der Waals surface area contributed by atoms with E-state index in [1.54, 1.807) is 0 Å².